The van der Waals surface area contributed by atoms with Gasteiger partial charge in [-0.25, -0.2) is 0 Å². The van der Waals surface area contributed by atoms with Crippen LogP contribution < -0.4 is 0 Å². The largest absolute Gasteiger partial charge is 0.395 e. The van der Waals surface area contributed by atoms with E-state index in [4.69, 9.17) is 9.84 Å². The van der Waals surface area contributed by atoms with E-state index < -0.39 is 0 Å². The molecule has 1 saturated heterocycles. The van der Waals surface area contributed by atoms with Crippen molar-refractivity contribution >= 4 is 5.91 Å². The molecular weight excluding hydrogens is 230 g/mol. The Labute approximate surface area is 109 Å². The van der Waals surface area contributed by atoms with Gasteiger partial charge in [0.15, 0.2) is 0 Å². The van der Waals surface area contributed by atoms with E-state index in [0.717, 1.165) is 38.5 Å². The van der Waals surface area contributed by atoms with Gasteiger partial charge in [-0.2, -0.15) is 0 Å². The van der Waals surface area contributed by atoms with Crippen molar-refractivity contribution in [1.82, 2.24) is 4.90 Å². The normalized spacial score (nSPS) is 28.1. The molecule has 2 rings (SSSR count). The zero-order valence-electron chi connectivity index (χ0n) is 11.3. The summed E-state index contributed by atoms with van der Waals surface area (Å²) in [6, 6.07) is 0.400. The molecule has 104 valence electrons. The molecule has 18 heavy (non-hydrogen) atoms. The summed E-state index contributed by atoms with van der Waals surface area (Å²) in [7, 11) is 0. The van der Waals surface area contributed by atoms with Gasteiger partial charge in [-0.3, -0.25) is 4.79 Å². The molecule has 0 radical (unpaired) electrons. The van der Waals surface area contributed by atoms with Crippen LogP contribution in [0.1, 0.15) is 45.4 Å². The molecule has 0 aromatic heterocycles. The van der Waals surface area contributed by atoms with Crippen molar-refractivity contribution in [2.45, 2.75) is 57.6 Å². The predicted molar refractivity (Wildman–Crippen MR) is 69.2 cm³/mol. The van der Waals surface area contributed by atoms with E-state index in [1.807, 2.05) is 4.90 Å². The number of hydrogen-bond acceptors (Lipinski definition) is 3. The van der Waals surface area contributed by atoms with Gasteiger partial charge >= 0.3 is 0 Å². The first-order chi connectivity index (χ1) is 8.76. The lowest BCUT2D eigenvalue weighted by Gasteiger charge is -2.32. The average molecular weight is 255 g/mol. The van der Waals surface area contributed by atoms with Gasteiger partial charge in [-0.15, -0.1) is 0 Å². The molecule has 4 nitrogen and oxygen atoms in total. The minimum atomic E-state index is 0.0733. The van der Waals surface area contributed by atoms with Crippen LogP contribution in [0.3, 0.4) is 0 Å². The molecule has 2 fully saturated rings. The van der Waals surface area contributed by atoms with Crippen LogP contribution in [-0.4, -0.2) is 47.8 Å². The fourth-order valence-electron chi connectivity index (χ4n) is 2.83. The Morgan fingerprint density at radius 3 is 2.78 bits per heavy atom. The van der Waals surface area contributed by atoms with Gasteiger partial charge < -0.3 is 14.7 Å². The maximum atomic E-state index is 12.5. The van der Waals surface area contributed by atoms with Gasteiger partial charge in [0.05, 0.1) is 12.7 Å². The summed E-state index contributed by atoms with van der Waals surface area (Å²) in [5, 5.41) is 9.08. The molecule has 4 heteroatoms. The van der Waals surface area contributed by atoms with Gasteiger partial charge in [0.1, 0.15) is 0 Å². The van der Waals surface area contributed by atoms with Crippen molar-refractivity contribution in [3.8, 4) is 0 Å². The Bertz CT molecular complexity index is 276. The molecule has 1 saturated carbocycles. The molecule has 2 aliphatic rings. The fraction of sp³-hybridized carbons (Fsp3) is 0.929. The van der Waals surface area contributed by atoms with Crippen LogP contribution in [0.25, 0.3) is 0 Å². The maximum absolute atomic E-state index is 12.5. The molecule has 0 bridgehead atoms. The minimum Gasteiger partial charge on any atom is -0.395 e. The summed E-state index contributed by atoms with van der Waals surface area (Å²) in [4.78, 5) is 14.4. The monoisotopic (exact) mass is 255 g/mol. The molecule has 0 spiro atoms. The molecule has 1 aliphatic carbocycles. The summed E-state index contributed by atoms with van der Waals surface area (Å²) in [6.07, 6.45) is 6.32. The molecule has 1 amide bonds. The van der Waals surface area contributed by atoms with Crippen LogP contribution >= 0.6 is 0 Å². The third-order valence-electron chi connectivity index (χ3n) is 3.94. The van der Waals surface area contributed by atoms with Gasteiger partial charge in [-0.05, 0) is 32.1 Å². The lowest BCUT2D eigenvalue weighted by molar-refractivity contribution is -0.142. The number of carbonyl (C=O) groups excluding carboxylic acids is 1. The first-order valence-corrected chi connectivity index (χ1v) is 7.29. The summed E-state index contributed by atoms with van der Waals surface area (Å²) in [5.41, 5.74) is 0. The van der Waals surface area contributed by atoms with E-state index in [1.54, 1.807) is 0 Å². The second-order valence-corrected chi connectivity index (χ2v) is 5.49. The van der Waals surface area contributed by atoms with Crippen LogP contribution in [-0.2, 0) is 9.53 Å². The van der Waals surface area contributed by atoms with Gasteiger partial charge in [-0.1, -0.05) is 13.3 Å². The van der Waals surface area contributed by atoms with E-state index >= 15 is 0 Å². The van der Waals surface area contributed by atoms with Crippen LogP contribution in [0, 0.1) is 5.92 Å². The van der Waals surface area contributed by atoms with Crippen LogP contribution in [0.15, 0.2) is 0 Å². The van der Waals surface area contributed by atoms with E-state index in [9.17, 15) is 4.79 Å². The van der Waals surface area contributed by atoms with Gasteiger partial charge in [0.25, 0.3) is 0 Å². The topological polar surface area (TPSA) is 49.8 Å². The summed E-state index contributed by atoms with van der Waals surface area (Å²) in [5.74, 6) is 0.360. The highest BCUT2D eigenvalue weighted by Crippen LogP contribution is 2.31. The zero-order valence-corrected chi connectivity index (χ0v) is 11.3. The molecule has 2 unspecified atom stereocenters. The highest BCUT2D eigenvalue weighted by molar-refractivity contribution is 5.79. The van der Waals surface area contributed by atoms with Gasteiger partial charge in [0, 0.05) is 25.1 Å². The second-order valence-electron chi connectivity index (χ2n) is 5.49. The third-order valence-corrected chi connectivity index (χ3v) is 3.94. The van der Waals surface area contributed by atoms with E-state index in [1.165, 1.54) is 0 Å². The summed E-state index contributed by atoms with van der Waals surface area (Å²) >= 11 is 0. The number of aliphatic hydroxyl groups excluding tert-OH is 1. The van der Waals surface area contributed by atoms with E-state index in [-0.39, 0.29) is 24.5 Å². The Morgan fingerprint density at radius 1 is 1.39 bits per heavy atom. The number of rotatable bonds is 6. The first-order valence-electron chi connectivity index (χ1n) is 7.29. The van der Waals surface area contributed by atoms with Crippen molar-refractivity contribution in [2.24, 2.45) is 5.92 Å². The highest BCUT2D eigenvalue weighted by atomic mass is 16.5. The lowest BCUT2D eigenvalue weighted by Crippen LogP contribution is -2.42. The molecule has 1 aliphatic heterocycles. The summed E-state index contributed by atoms with van der Waals surface area (Å²) in [6.45, 7) is 3.43. The first kappa shape index (κ1) is 13.8. The standard InChI is InChI=1S/C14H25NO3/c1-2-3-13-10-11(6-9-18-13)14(17)15(7-8-16)12-4-5-12/h11-13,16H,2-10H2,1H3. The predicted octanol–water partition coefficient (Wildman–Crippen LogP) is 1.56. The average Bonchev–Trinajstić information content (AvgIpc) is 3.20. The Kier molecular flexibility index (Phi) is 5.01. The van der Waals surface area contributed by atoms with Gasteiger partial charge in [0.2, 0.25) is 5.91 Å². The van der Waals surface area contributed by atoms with Crippen molar-refractivity contribution in [1.29, 1.82) is 0 Å². The fourth-order valence-corrected chi connectivity index (χ4v) is 2.83. The number of amides is 1. The summed E-state index contributed by atoms with van der Waals surface area (Å²) < 4.78 is 5.69. The number of hydrogen-bond donors (Lipinski definition) is 1. The Hall–Kier alpha value is -0.610. The van der Waals surface area contributed by atoms with Crippen LogP contribution in [0.4, 0.5) is 0 Å². The second kappa shape index (κ2) is 6.53. The van der Waals surface area contributed by atoms with Crippen molar-refractivity contribution < 1.29 is 14.6 Å². The Morgan fingerprint density at radius 2 is 2.17 bits per heavy atom. The van der Waals surface area contributed by atoms with Crippen molar-refractivity contribution in [3.05, 3.63) is 0 Å². The van der Waals surface area contributed by atoms with Crippen molar-refractivity contribution in [2.75, 3.05) is 19.8 Å². The molecule has 0 aromatic carbocycles. The number of carbonyl (C=O) groups is 1. The quantitative estimate of drug-likeness (QED) is 0.783. The third kappa shape index (κ3) is 3.45. The molecule has 1 N–H and O–H groups in total. The SMILES string of the molecule is CCCC1CC(C(=O)N(CCO)C2CC2)CCO1. The van der Waals surface area contributed by atoms with Crippen LogP contribution in [0.2, 0.25) is 0 Å². The number of aliphatic hydroxyl groups is 1. The van der Waals surface area contributed by atoms with E-state index in [2.05, 4.69) is 6.92 Å². The van der Waals surface area contributed by atoms with Crippen molar-refractivity contribution in [3.63, 3.8) is 0 Å². The molecule has 1 heterocycles. The minimum absolute atomic E-state index is 0.0733. The maximum Gasteiger partial charge on any atom is 0.226 e. The smallest absolute Gasteiger partial charge is 0.226 e. The number of nitrogens with zero attached hydrogens (tertiary/aromatic N) is 1. The molecular formula is C14H25NO3. The molecule has 0 aromatic rings. The highest BCUT2D eigenvalue weighted by Gasteiger charge is 2.37. The lowest BCUT2D eigenvalue weighted by atomic mass is 9.92. The molecule has 2 atom stereocenters. The Balaban J connectivity index is 1.89. The number of ether oxygens (including phenoxy) is 1. The van der Waals surface area contributed by atoms with E-state index in [0.29, 0.717) is 19.2 Å². The zero-order chi connectivity index (χ0) is 13.0. The van der Waals surface area contributed by atoms with Crippen LogP contribution in [0.5, 0.6) is 0 Å².